The lowest BCUT2D eigenvalue weighted by Crippen LogP contribution is -2.44. The number of fused-ring (bicyclic) bond motifs is 2. The lowest BCUT2D eigenvalue weighted by atomic mass is 10.2. The van der Waals surface area contributed by atoms with Gasteiger partial charge in [0.15, 0.2) is 6.61 Å². The van der Waals surface area contributed by atoms with Crippen LogP contribution in [0.5, 0.6) is 0 Å². The van der Waals surface area contributed by atoms with Gasteiger partial charge in [0.2, 0.25) is 5.91 Å². The van der Waals surface area contributed by atoms with Crippen molar-refractivity contribution >= 4 is 40.1 Å². The van der Waals surface area contributed by atoms with Gasteiger partial charge in [-0.05, 0) is 18.2 Å². The Morgan fingerprint density at radius 3 is 2.73 bits per heavy atom. The van der Waals surface area contributed by atoms with Crippen LogP contribution in [0.2, 0.25) is 0 Å². The molecule has 2 heterocycles. The van der Waals surface area contributed by atoms with Gasteiger partial charge in [0.1, 0.15) is 6.54 Å². The third-order valence-corrected chi connectivity index (χ3v) is 4.21. The minimum Gasteiger partial charge on any atom is -0.452 e. The molecule has 3 aromatic rings. The number of nitrogens with one attached hydrogen (secondary N) is 2. The number of aromatic amines is 1. The number of hydrogen-bond donors (Lipinski definition) is 2. The fourth-order valence-electron chi connectivity index (χ4n) is 2.98. The molecule has 0 bridgehead atoms. The quantitative estimate of drug-likeness (QED) is 0.710. The Labute approximate surface area is 148 Å². The molecule has 1 aliphatic rings. The number of aromatic nitrogens is 1. The summed E-state index contributed by atoms with van der Waals surface area (Å²) in [5.41, 5.74) is 2.32. The highest BCUT2D eigenvalue weighted by molar-refractivity contribution is 6.11. The van der Waals surface area contributed by atoms with E-state index in [1.54, 1.807) is 36.5 Å². The molecule has 7 heteroatoms. The van der Waals surface area contributed by atoms with Crippen molar-refractivity contribution in [2.75, 3.05) is 23.4 Å². The molecule has 0 atom stereocenters. The average Bonchev–Trinajstić information content (AvgIpc) is 3.09. The summed E-state index contributed by atoms with van der Waals surface area (Å²) in [7, 11) is 0. The normalized spacial score (nSPS) is 13.2. The zero-order valence-electron chi connectivity index (χ0n) is 13.7. The number of amides is 2. The number of rotatable bonds is 3. The summed E-state index contributed by atoms with van der Waals surface area (Å²) in [6, 6.07) is 14.3. The van der Waals surface area contributed by atoms with Crippen LogP contribution < -0.4 is 10.2 Å². The van der Waals surface area contributed by atoms with Crippen molar-refractivity contribution in [1.29, 1.82) is 0 Å². The molecule has 0 saturated heterocycles. The maximum Gasteiger partial charge on any atom is 0.340 e. The predicted octanol–water partition coefficient (Wildman–Crippen LogP) is 2.31. The molecule has 26 heavy (non-hydrogen) atoms. The van der Waals surface area contributed by atoms with E-state index in [9.17, 15) is 14.4 Å². The van der Waals surface area contributed by atoms with Crippen LogP contribution in [0, 0.1) is 0 Å². The number of anilines is 2. The summed E-state index contributed by atoms with van der Waals surface area (Å²) in [5.74, 6) is -1.34. The Balaban J connectivity index is 1.49. The highest BCUT2D eigenvalue weighted by atomic mass is 16.5. The Bertz CT molecular complexity index is 1020. The summed E-state index contributed by atoms with van der Waals surface area (Å²) in [6.45, 7) is -0.555. The number of ether oxygens (including phenoxy) is 1. The predicted molar refractivity (Wildman–Crippen MR) is 96.0 cm³/mol. The third kappa shape index (κ3) is 2.79. The second kappa shape index (κ2) is 6.36. The Hall–Kier alpha value is -3.61. The number of H-pyrrole nitrogens is 1. The molecule has 0 fully saturated rings. The smallest absolute Gasteiger partial charge is 0.340 e. The van der Waals surface area contributed by atoms with Gasteiger partial charge >= 0.3 is 5.97 Å². The maximum atomic E-state index is 12.5. The van der Waals surface area contributed by atoms with E-state index >= 15 is 0 Å². The molecule has 2 amide bonds. The molecule has 0 saturated carbocycles. The van der Waals surface area contributed by atoms with Crippen molar-refractivity contribution in [2.24, 2.45) is 0 Å². The van der Waals surface area contributed by atoms with Gasteiger partial charge in [-0.1, -0.05) is 30.3 Å². The minimum atomic E-state index is -0.592. The molecular weight excluding hydrogens is 334 g/mol. The van der Waals surface area contributed by atoms with Crippen LogP contribution in [-0.2, 0) is 14.3 Å². The topological polar surface area (TPSA) is 91.5 Å². The molecular formula is C19H15N3O4. The van der Waals surface area contributed by atoms with Gasteiger partial charge in [-0.25, -0.2) is 4.79 Å². The van der Waals surface area contributed by atoms with Gasteiger partial charge in [0.05, 0.1) is 16.9 Å². The molecule has 4 rings (SSSR count). The molecule has 7 nitrogen and oxygen atoms in total. The number of carbonyl (C=O) groups excluding carboxylic acids is 3. The molecule has 1 aromatic heterocycles. The van der Waals surface area contributed by atoms with E-state index < -0.39 is 18.5 Å². The number of benzene rings is 2. The van der Waals surface area contributed by atoms with Crippen LogP contribution in [0.3, 0.4) is 0 Å². The van der Waals surface area contributed by atoms with Crippen LogP contribution in [0.1, 0.15) is 10.4 Å². The van der Waals surface area contributed by atoms with E-state index in [0.717, 1.165) is 10.9 Å². The van der Waals surface area contributed by atoms with Crippen molar-refractivity contribution in [2.45, 2.75) is 0 Å². The first-order chi connectivity index (χ1) is 12.6. The fourth-order valence-corrected chi connectivity index (χ4v) is 2.98. The minimum absolute atomic E-state index is 0.111. The van der Waals surface area contributed by atoms with Gasteiger partial charge < -0.3 is 15.0 Å². The van der Waals surface area contributed by atoms with Crippen molar-refractivity contribution in [1.82, 2.24) is 4.98 Å². The third-order valence-electron chi connectivity index (χ3n) is 4.21. The maximum absolute atomic E-state index is 12.5. The van der Waals surface area contributed by atoms with E-state index in [4.69, 9.17) is 4.74 Å². The first kappa shape index (κ1) is 15.9. The van der Waals surface area contributed by atoms with Crippen LogP contribution in [0.15, 0.2) is 54.7 Å². The summed E-state index contributed by atoms with van der Waals surface area (Å²) >= 11 is 0. The van der Waals surface area contributed by atoms with E-state index in [1.165, 1.54) is 4.90 Å². The van der Waals surface area contributed by atoms with Crippen LogP contribution in [0.4, 0.5) is 11.4 Å². The van der Waals surface area contributed by atoms with Crippen molar-refractivity contribution in [3.8, 4) is 0 Å². The second-order valence-electron chi connectivity index (χ2n) is 5.87. The Kier molecular flexibility index (Phi) is 3.89. The lowest BCUT2D eigenvalue weighted by molar-refractivity contribution is -0.124. The number of hydrogen-bond acceptors (Lipinski definition) is 4. The van der Waals surface area contributed by atoms with Crippen molar-refractivity contribution < 1.29 is 19.1 Å². The second-order valence-corrected chi connectivity index (χ2v) is 5.87. The van der Waals surface area contributed by atoms with Gasteiger partial charge in [-0.2, -0.15) is 0 Å². The zero-order valence-corrected chi connectivity index (χ0v) is 13.7. The number of esters is 1. The molecule has 0 aliphatic carbocycles. The summed E-state index contributed by atoms with van der Waals surface area (Å²) in [5, 5.41) is 3.44. The average molecular weight is 349 g/mol. The summed E-state index contributed by atoms with van der Waals surface area (Å²) < 4.78 is 5.18. The largest absolute Gasteiger partial charge is 0.452 e. The highest BCUT2D eigenvalue weighted by Crippen LogP contribution is 2.29. The standard InChI is InChI=1S/C19H15N3O4/c23-17-10-22(16-8-4-3-7-15(16)21-17)18(24)11-26-19(25)13-9-20-14-6-2-1-5-12(13)14/h1-9,20H,10-11H2,(H,21,23). The van der Waals surface area contributed by atoms with E-state index in [2.05, 4.69) is 10.3 Å². The van der Waals surface area contributed by atoms with E-state index in [-0.39, 0.29) is 12.5 Å². The van der Waals surface area contributed by atoms with Crippen LogP contribution in [-0.4, -0.2) is 35.9 Å². The van der Waals surface area contributed by atoms with Gasteiger partial charge in [-0.3, -0.25) is 14.5 Å². The first-order valence-corrected chi connectivity index (χ1v) is 8.06. The molecule has 2 N–H and O–H groups in total. The van der Waals surface area contributed by atoms with Crippen molar-refractivity contribution in [3.63, 3.8) is 0 Å². The first-order valence-electron chi connectivity index (χ1n) is 8.06. The molecule has 1 aliphatic heterocycles. The molecule has 130 valence electrons. The van der Waals surface area contributed by atoms with Gasteiger partial charge in [0.25, 0.3) is 5.91 Å². The Morgan fingerprint density at radius 2 is 1.85 bits per heavy atom. The molecule has 0 spiro atoms. The number of para-hydroxylation sites is 3. The van der Waals surface area contributed by atoms with Crippen molar-refractivity contribution in [3.05, 3.63) is 60.3 Å². The molecule has 0 unspecified atom stereocenters. The van der Waals surface area contributed by atoms with E-state index in [0.29, 0.717) is 16.9 Å². The van der Waals surface area contributed by atoms with Crippen LogP contribution in [0.25, 0.3) is 10.9 Å². The summed E-state index contributed by atoms with van der Waals surface area (Å²) in [6.07, 6.45) is 1.56. The Morgan fingerprint density at radius 1 is 1.08 bits per heavy atom. The SMILES string of the molecule is O=C1CN(C(=O)COC(=O)c2c[nH]c3ccccc23)c2ccccc2N1. The number of nitrogens with zero attached hydrogens (tertiary/aromatic N) is 1. The van der Waals surface area contributed by atoms with Crippen LogP contribution >= 0.6 is 0 Å². The fraction of sp³-hybridized carbons (Fsp3) is 0.105. The zero-order chi connectivity index (χ0) is 18.1. The molecule has 0 radical (unpaired) electrons. The summed E-state index contributed by atoms with van der Waals surface area (Å²) in [4.78, 5) is 40.9. The highest BCUT2D eigenvalue weighted by Gasteiger charge is 2.27. The van der Waals surface area contributed by atoms with Gasteiger partial charge in [-0.15, -0.1) is 0 Å². The monoisotopic (exact) mass is 349 g/mol. The van der Waals surface area contributed by atoms with Gasteiger partial charge in [0, 0.05) is 17.1 Å². The lowest BCUT2D eigenvalue weighted by Gasteiger charge is -2.28. The van der Waals surface area contributed by atoms with E-state index in [1.807, 2.05) is 18.2 Å². The molecule has 2 aromatic carbocycles. The number of carbonyl (C=O) groups is 3.